The SMILES string of the molecule is CCCC(=O)Cc1cc(OC)ccc1NC(=O)OC(C)(C)C. The molecule has 0 bridgehead atoms. The quantitative estimate of drug-likeness (QED) is 0.864. The zero-order valence-electron chi connectivity index (χ0n) is 14.0. The molecule has 0 aromatic heterocycles. The Morgan fingerprint density at radius 1 is 1.23 bits per heavy atom. The number of methoxy groups -OCH3 is 1. The van der Waals surface area contributed by atoms with E-state index in [1.165, 1.54) is 0 Å². The normalized spacial score (nSPS) is 11.0. The van der Waals surface area contributed by atoms with E-state index in [4.69, 9.17) is 9.47 Å². The molecule has 0 aliphatic rings. The maximum Gasteiger partial charge on any atom is 0.412 e. The second-order valence-electron chi connectivity index (χ2n) is 6.12. The van der Waals surface area contributed by atoms with Gasteiger partial charge in [-0.25, -0.2) is 4.79 Å². The first-order valence-corrected chi connectivity index (χ1v) is 7.43. The van der Waals surface area contributed by atoms with E-state index in [9.17, 15) is 9.59 Å². The standard InChI is InChI=1S/C17H25NO4/c1-6-7-13(19)10-12-11-14(21-5)8-9-15(12)18-16(20)22-17(2,3)4/h8-9,11H,6-7,10H2,1-5H3,(H,18,20). The predicted octanol–water partition coefficient (Wildman–Crippen LogP) is 3.95. The molecule has 0 radical (unpaired) electrons. The van der Waals surface area contributed by atoms with Crippen molar-refractivity contribution >= 4 is 17.6 Å². The van der Waals surface area contributed by atoms with E-state index < -0.39 is 11.7 Å². The summed E-state index contributed by atoms with van der Waals surface area (Å²) < 4.78 is 10.4. The molecule has 0 heterocycles. The lowest BCUT2D eigenvalue weighted by molar-refractivity contribution is -0.118. The van der Waals surface area contributed by atoms with E-state index >= 15 is 0 Å². The molecule has 0 fully saturated rings. The number of amides is 1. The van der Waals surface area contributed by atoms with Crippen molar-refractivity contribution in [3.05, 3.63) is 23.8 Å². The average molecular weight is 307 g/mol. The molecule has 22 heavy (non-hydrogen) atoms. The predicted molar refractivity (Wildman–Crippen MR) is 86.5 cm³/mol. The Balaban J connectivity index is 2.92. The van der Waals surface area contributed by atoms with Gasteiger partial charge in [0.05, 0.1) is 7.11 Å². The highest BCUT2D eigenvalue weighted by Gasteiger charge is 2.18. The fourth-order valence-corrected chi connectivity index (χ4v) is 1.96. The Hall–Kier alpha value is -2.04. The largest absolute Gasteiger partial charge is 0.497 e. The number of ether oxygens (including phenoxy) is 2. The number of benzene rings is 1. The van der Waals surface area contributed by atoms with Crippen molar-refractivity contribution < 1.29 is 19.1 Å². The van der Waals surface area contributed by atoms with Crippen LogP contribution in [-0.2, 0) is 16.0 Å². The number of Topliss-reactive ketones (excluding diaryl/α,β-unsaturated/α-hetero) is 1. The van der Waals surface area contributed by atoms with E-state index in [1.807, 2.05) is 6.92 Å². The van der Waals surface area contributed by atoms with Crippen LogP contribution in [0.15, 0.2) is 18.2 Å². The third-order valence-electron chi connectivity index (χ3n) is 2.86. The number of carbonyl (C=O) groups excluding carboxylic acids is 2. The average Bonchev–Trinajstić information content (AvgIpc) is 2.38. The van der Waals surface area contributed by atoms with E-state index in [0.29, 0.717) is 17.9 Å². The van der Waals surface area contributed by atoms with Crippen molar-refractivity contribution in [1.82, 2.24) is 0 Å². The Labute approximate surface area is 132 Å². The lowest BCUT2D eigenvalue weighted by atomic mass is 10.0. The lowest BCUT2D eigenvalue weighted by Gasteiger charge is -2.20. The zero-order valence-corrected chi connectivity index (χ0v) is 14.0. The van der Waals surface area contributed by atoms with E-state index in [2.05, 4.69) is 5.32 Å². The van der Waals surface area contributed by atoms with Gasteiger partial charge in [-0.05, 0) is 51.0 Å². The van der Waals surface area contributed by atoms with Crippen LogP contribution < -0.4 is 10.1 Å². The molecule has 122 valence electrons. The van der Waals surface area contributed by atoms with Crippen LogP contribution in [0.4, 0.5) is 10.5 Å². The van der Waals surface area contributed by atoms with Crippen LogP contribution in [0, 0.1) is 0 Å². The van der Waals surface area contributed by atoms with Gasteiger partial charge in [0.15, 0.2) is 0 Å². The highest BCUT2D eigenvalue weighted by Crippen LogP contribution is 2.24. The van der Waals surface area contributed by atoms with Gasteiger partial charge in [-0.2, -0.15) is 0 Å². The van der Waals surface area contributed by atoms with Crippen molar-refractivity contribution in [3.63, 3.8) is 0 Å². The summed E-state index contributed by atoms with van der Waals surface area (Å²) in [6, 6.07) is 5.22. The number of ketones is 1. The maximum absolute atomic E-state index is 11.9. The second-order valence-corrected chi connectivity index (χ2v) is 6.12. The monoisotopic (exact) mass is 307 g/mol. The summed E-state index contributed by atoms with van der Waals surface area (Å²) >= 11 is 0. The molecule has 0 atom stereocenters. The molecule has 5 heteroatoms. The van der Waals surface area contributed by atoms with Crippen LogP contribution in [0.2, 0.25) is 0 Å². The third kappa shape index (κ3) is 6.16. The highest BCUT2D eigenvalue weighted by molar-refractivity contribution is 5.89. The number of rotatable bonds is 6. The van der Waals surface area contributed by atoms with Crippen LogP contribution in [0.5, 0.6) is 5.75 Å². The molecule has 0 aliphatic carbocycles. The molecular formula is C17H25NO4. The lowest BCUT2D eigenvalue weighted by Crippen LogP contribution is -2.27. The molecule has 1 amide bonds. The van der Waals surface area contributed by atoms with Crippen molar-refractivity contribution in [3.8, 4) is 5.75 Å². The number of nitrogens with one attached hydrogen (secondary N) is 1. The first-order chi connectivity index (χ1) is 10.2. The Bertz CT molecular complexity index is 532. The minimum absolute atomic E-state index is 0.128. The van der Waals surface area contributed by atoms with Gasteiger partial charge in [0.1, 0.15) is 17.1 Å². The molecule has 5 nitrogen and oxygen atoms in total. The van der Waals surface area contributed by atoms with Gasteiger partial charge in [0, 0.05) is 18.5 Å². The summed E-state index contributed by atoms with van der Waals surface area (Å²) in [7, 11) is 1.56. The van der Waals surface area contributed by atoms with Crippen molar-refractivity contribution in [2.75, 3.05) is 12.4 Å². The van der Waals surface area contributed by atoms with Crippen LogP contribution in [-0.4, -0.2) is 24.6 Å². The van der Waals surface area contributed by atoms with Crippen LogP contribution in [0.1, 0.15) is 46.1 Å². The Morgan fingerprint density at radius 2 is 1.91 bits per heavy atom. The molecule has 0 spiro atoms. The number of carbonyl (C=O) groups is 2. The first-order valence-electron chi connectivity index (χ1n) is 7.43. The Morgan fingerprint density at radius 3 is 2.45 bits per heavy atom. The number of hydrogen-bond acceptors (Lipinski definition) is 4. The Kier molecular flexibility index (Phi) is 6.40. The molecule has 1 rings (SSSR count). The molecule has 0 aliphatic heterocycles. The fourth-order valence-electron chi connectivity index (χ4n) is 1.96. The number of hydrogen-bond donors (Lipinski definition) is 1. The number of anilines is 1. The molecule has 1 aromatic rings. The molecule has 1 N–H and O–H groups in total. The molecule has 0 saturated carbocycles. The molecule has 0 unspecified atom stereocenters. The summed E-state index contributed by atoms with van der Waals surface area (Å²) in [5.74, 6) is 0.775. The molecular weight excluding hydrogens is 282 g/mol. The van der Waals surface area contributed by atoms with Gasteiger partial charge >= 0.3 is 6.09 Å². The van der Waals surface area contributed by atoms with Gasteiger partial charge in [-0.15, -0.1) is 0 Å². The van der Waals surface area contributed by atoms with Gasteiger partial charge in [0.2, 0.25) is 0 Å². The minimum Gasteiger partial charge on any atom is -0.497 e. The van der Waals surface area contributed by atoms with Crippen LogP contribution >= 0.6 is 0 Å². The summed E-state index contributed by atoms with van der Waals surface area (Å²) in [5, 5.41) is 2.70. The fraction of sp³-hybridized carbons (Fsp3) is 0.529. The van der Waals surface area contributed by atoms with Crippen molar-refractivity contribution in [2.45, 2.75) is 52.6 Å². The van der Waals surface area contributed by atoms with Crippen LogP contribution in [0.25, 0.3) is 0 Å². The third-order valence-corrected chi connectivity index (χ3v) is 2.86. The van der Waals surface area contributed by atoms with Crippen molar-refractivity contribution in [2.24, 2.45) is 0 Å². The smallest absolute Gasteiger partial charge is 0.412 e. The maximum atomic E-state index is 11.9. The topological polar surface area (TPSA) is 64.6 Å². The summed E-state index contributed by atoms with van der Waals surface area (Å²) in [6.45, 7) is 7.36. The highest BCUT2D eigenvalue weighted by atomic mass is 16.6. The summed E-state index contributed by atoms with van der Waals surface area (Å²) in [4.78, 5) is 23.8. The summed E-state index contributed by atoms with van der Waals surface area (Å²) in [6.07, 6.45) is 1.04. The van der Waals surface area contributed by atoms with Gasteiger partial charge in [0.25, 0.3) is 0 Å². The van der Waals surface area contributed by atoms with E-state index in [1.54, 1.807) is 46.1 Å². The van der Waals surface area contributed by atoms with Crippen LogP contribution in [0.3, 0.4) is 0 Å². The minimum atomic E-state index is -0.575. The second kappa shape index (κ2) is 7.82. The van der Waals surface area contributed by atoms with E-state index in [0.717, 1.165) is 12.0 Å². The van der Waals surface area contributed by atoms with E-state index in [-0.39, 0.29) is 12.2 Å². The molecule has 1 aromatic carbocycles. The molecule has 0 saturated heterocycles. The zero-order chi connectivity index (χ0) is 16.8. The van der Waals surface area contributed by atoms with Gasteiger partial charge < -0.3 is 9.47 Å². The summed E-state index contributed by atoms with van der Waals surface area (Å²) in [5.41, 5.74) is 0.720. The van der Waals surface area contributed by atoms with Gasteiger partial charge in [-0.1, -0.05) is 6.92 Å². The van der Waals surface area contributed by atoms with Crippen molar-refractivity contribution in [1.29, 1.82) is 0 Å². The van der Waals surface area contributed by atoms with Gasteiger partial charge in [-0.3, -0.25) is 10.1 Å². The first kappa shape index (κ1) is 18.0.